The number of benzene rings is 6. The van der Waals surface area contributed by atoms with Gasteiger partial charge in [0.2, 0.25) is 0 Å². The molecule has 0 heterocycles. The van der Waals surface area contributed by atoms with Gasteiger partial charge in [-0.3, -0.25) is 9.59 Å². The van der Waals surface area contributed by atoms with E-state index < -0.39 is 0 Å². The quantitative estimate of drug-likeness (QED) is 0.184. The molecule has 0 unspecified atom stereocenters. The minimum atomic E-state index is 0. The molecule has 0 aliphatic carbocycles. The van der Waals surface area contributed by atoms with Crippen LogP contribution < -0.4 is 0 Å². The van der Waals surface area contributed by atoms with E-state index in [4.69, 9.17) is 0 Å². The minimum Gasteiger partial charge on any atom is -1.00 e. The number of hydrogen-bond acceptors (Lipinski definition) is 2. The summed E-state index contributed by atoms with van der Waals surface area (Å²) >= 11 is 0. The predicted octanol–water partition coefficient (Wildman–Crippen LogP) is 8.52. The minimum absolute atomic E-state index is 0. The van der Waals surface area contributed by atoms with E-state index in [-0.39, 0.29) is 13.0 Å². The van der Waals surface area contributed by atoms with E-state index in [0.29, 0.717) is 0 Å². The van der Waals surface area contributed by atoms with Crippen LogP contribution in [0, 0.1) is 0 Å². The Morgan fingerprint density at radius 1 is 0.378 bits per heavy atom. The third-order valence-electron chi connectivity index (χ3n) is 5.21. The maximum absolute atomic E-state index is 10.6. The fourth-order valence-electron chi connectivity index (χ4n) is 3.40. The van der Waals surface area contributed by atoms with Crippen LogP contribution in [0.3, 0.4) is 0 Å². The first-order valence-electron chi connectivity index (χ1n) is 11.7. The first-order valence-corrected chi connectivity index (χ1v) is 11.7. The Morgan fingerprint density at radius 3 is 1.19 bits per heavy atom. The van der Waals surface area contributed by atoms with Crippen molar-refractivity contribution < 1.29 is 12.4 Å². The van der Waals surface area contributed by atoms with Gasteiger partial charge in [0.05, 0.1) is 0 Å². The summed E-state index contributed by atoms with van der Waals surface area (Å²) in [4.78, 5) is 20.6. The van der Waals surface area contributed by atoms with Gasteiger partial charge in [-0.1, -0.05) is 158 Å². The van der Waals surface area contributed by atoms with Crippen LogP contribution in [0.4, 0.5) is 0 Å². The van der Waals surface area contributed by atoms with Gasteiger partial charge in [-0.25, -0.2) is 0 Å². The number of carbonyl (C=O) groups is 2. The molecule has 0 bridgehead atoms. The van der Waals surface area contributed by atoms with Crippen molar-refractivity contribution >= 4 is 44.2 Å². The molecule has 0 aliphatic rings. The van der Waals surface area contributed by atoms with E-state index >= 15 is 0 Å². The first-order chi connectivity index (χ1) is 17.8. The fourth-order valence-corrected chi connectivity index (χ4v) is 3.40. The molecule has 0 amide bonds. The molecule has 180 valence electrons. The third kappa shape index (κ3) is 9.85. The van der Waals surface area contributed by atoms with E-state index in [1.165, 1.54) is 10.8 Å². The van der Waals surface area contributed by atoms with Gasteiger partial charge in [0, 0.05) is 11.1 Å². The van der Waals surface area contributed by atoms with Crippen molar-refractivity contribution in [2.24, 2.45) is 0 Å². The molecule has 3 heteroatoms. The van der Waals surface area contributed by atoms with Gasteiger partial charge < -0.3 is 2.85 Å². The van der Waals surface area contributed by atoms with E-state index in [0.717, 1.165) is 34.5 Å². The Labute approximate surface area is 225 Å². The SMILES string of the molecule is O=Cc1cccc2ccccc12.O=Cc1ccccc1.[Be+2].[H-].[H-].c1ccc2ccccc2c1.c1ccccc1. The number of rotatable bonds is 2. The summed E-state index contributed by atoms with van der Waals surface area (Å²) in [5, 5.41) is 4.76. The molecule has 0 aromatic heterocycles. The molecule has 0 N–H and O–H groups in total. The van der Waals surface area contributed by atoms with Crippen LogP contribution in [0.25, 0.3) is 21.5 Å². The molecule has 0 saturated carbocycles. The van der Waals surface area contributed by atoms with E-state index in [2.05, 4.69) is 48.5 Å². The Morgan fingerprint density at radius 2 is 0.757 bits per heavy atom. The van der Waals surface area contributed by atoms with Gasteiger partial charge >= 0.3 is 10.1 Å². The summed E-state index contributed by atoms with van der Waals surface area (Å²) in [6.07, 6.45) is 1.72. The maximum atomic E-state index is 10.6. The standard InChI is InChI=1S/C11H8O.C10H8.C7H6O.C6H6.Be.2H/c12-8-10-6-3-5-9-4-1-2-7-11(9)10;1-2-6-10-8-4-3-7-9(10)5-1;8-6-7-4-2-1-3-5-7;1-2-4-6-5-3-1;;;/h1-8H;1-8H;1-6H;1-6H;;;/q;;;;+2;2*-1. The van der Waals surface area contributed by atoms with E-state index in [1.807, 2.05) is 97.1 Å². The first kappa shape index (κ1) is 28.6. The number of hydrogen-bond donors (Lipinski definition) is 0. The van der Waals surface area contributed by atoms with Crippen LogP contribution in [0.1, 0.15) is 23.6 Å². The summed E-state index contributed by atoms with van der Waals surface area (Å²) in [6.45, 7) is 0. The summed E-state index contributed by atoms with van der Waals surface area (Å²) < 4.78 is 0. The van der Waals surface area contributed by atoms with Crippen molar-refractivity contribution in [3.8, 4) is 0 Å². The molecule has 6 aromatic carbocycles. The Kier molecular flexibility index (Phi) is 13.0. The molecule has 6 rings (SSSR count). The summed E-state index contributed by atoms with van der Waals surface area (Å²) in [5.74, 6) is 0. The second-order valence-corrected chi connectivity index (χ2v) is 7.72. The van der Waals surface area contributed by atoms with Crippen molar-refractivity contribution in [1.29, 1.82) is 0 Å². The molecule has 0 radical (unpaired) electrons. The molecule has 0 fully saturated rings. The number of carbonyl (C=O) groups excluding carboxylic acids is 2. The molecule has 6 aromatic rings. The van der Waals surface area contributed by atoms with Crippen LogP contribution in [0.2, 0.25) is 0 Å². The van der Waals surface area contributed by atoms with Crippen LogP contribution in [0.15, 0.2) is 158 Å². The van der Waals surface area contributed by atoms with E-state index in [9.17, 15) is 9.59 Å². The number of fused-ring (bicyclic) bond motifs is 2. The zero-order valence-corrected chi connectivity index (χ0v) is 20.7. The fraction of sp³-hybridized carbons (Fsp3) is 0. The molecule has 0 aliphatic heterocycles. The molecule has 37 heavy (non-hydrogen) atoms. The molecule has 0 spiro atoms. The second kappa shape index (κ2) is 16.9. The summed E-state index contributed by atoms with van der Waals surface area (Å²) in [6, 6.07) is 51.4. The van der Waals surface area contributed by atoms with Crippen LogP contribution >= 0.6 is 0 Å². The van der Waals surface area contributed by atoms with Crippen molar-refractivity contribution in [3.05, 3.63) is 169 Å². The molecular weight excluding hydrogens is 449 g/mol. The second-order valence-electron chi connectivity index (χ2n) is 7.72. The smallest absolute Gasteiger partial charge is 1.00 e. The zero-order chi connectivity index (χ0) is 25.3. The average Bonchev–Trinajstić information content (AvgIpc) is 2.99. The van der Waals surface area contributed by atoms with Gasteiger partial charge in [0.1, 0.15) is 6.29 Å². The third-order valence-corrected chi connectivity index (χ3v) is 5.21. The zero-order valence-electron chi connectivity index (χ0n) is 22.7. The normalized spacial score (nSPS) is 9.08. The molecule has 2 nitrogen and oxygen atoms in total. The van der Waals surface area contributed by atoms with E-state index in [1.54, 1.807) is 12.1 Å². The van der Waals surface area contributed by atoms with Crippen LogP contribution in [0.5, 0.6) is 0 Å². The van der Waals surface area contributed by atoms with Gasteiger partial charge in [0.15, 0.2) is 6.29 Å². The summed E-state index contributed by atoms with van der Waals surface area (Å²) in [7, 11) is 0. The van der Waals surface area contributed by atoms with Crippen molar-refractivity contribution in [2.45, 2.75) is 0 Å². The maximum Gasteiger partial charge on any atom is 2.00 e. The summed E-state index contributed by atoms with van der Waals surface area (Å²) in [5.41, 5.74) is 1.49. The molecule has 0 saturated heterocycles. The van der Waals surface area contributed by atoms with Crippen molar-refractivity contribution in [1.82, 2.24) is 0 Å². The van der Waals surface area contributed by atoms with Gasteiger partial charge in [0.25, 0.3) is 0 Å². The Bertz CT molecular complexity index is 1380. The molecule has 0 atom stereocenters. The Hall–Kier alpha value is -4.65. The monoisotopic (exact) mass is 479 g/mol. The van der Waals surface area contributed by atoms with Crippen molar-refractivity contribution in [3.63, 3.8) is 0 Å². The van der Waals surface area contributed by atoms with Gasteiger partial charge in [-0.15, -0.1) is 0 Å². The topological polar surface area (TPSA) is 34.1 Å². The van der Waals surface area contributed by atoms with Crippen LogP contribution in [-0.4, -0.2) is 22.7 Å². The largest absolute Gasteiger partial charge is 2.00 e. The van der Waals surface area contributed by atoms with Crippen molar-refractivity contribution in [2.75, 3.05) is 0 Å². The number of aldehydes is 2. The van der Waals surface area contributed by atoms with Crippen LogP contribution in [-0.2, 0) is 0 Å². The van der Waals surface area contributed by atoms with Gasteiger partial charge in [-0.05, 0) is 21.5 Å². The predicted molar refractivity (Wildman–Crippen MR) is 160 cm³/mol. The Balaban J connectivity index is 0.000000494. The molecular formula is C34H30BeO2. The average molecular weight is 480 g/mol. The van der Waals surface area contributed by atoms with Gasteiger partial charge in [-0.2, -0.15) is 0 Å².